The normalized spacial score (nSPS) is 28.0. The van der Waals surface area contributed by atoms with Gasteiger partial charge in [0.05, 0.1) is 12.9 Å². The molecular weight excluding hydrogens is 140 g/mol. The Bertz CT molecular complexity index is 236. The fourth-order valence-electron chi connectivity index (χ4n) is 1.41. The van der Waals surface area contributed by atoms with E-state index in [0.29, 0.717) is 0 Å². The van der Waals surface area contributed by atoms with Crippen molar-refractivity contribution >= 4 is 0 Å². The minimum atomic E-state index is 0.164. The molecule has 2 rings (SSSR count). The number of hydrogen-bond donors (Lipinski definition) is 0. The molecule has 1 aromatic rings. The highest BCUT2D eigenvalue weighted by molar-refractivity contribution is 5.09. The van der Waals surface area contributed by atoms with E-state index in [-0.39, 0.29) is 11.5 Å². The van der Waals surface area contributed by atoms with Gasteiger partial charge in [0.15, 0.2) is 0 Å². The highest BCUT2D eigenvalue weighted by Crippen LogP contribution is 2.45. The largest absolute Gasteiger partial charge is 0.467 e. The van der Waals surface area contributed by atoms with Crippen LogP contribution in [0.4, 0.5) is 0 Å². The molecule has 1 aliphatic heterocycles. The molecule has 1 fully saturated rings. The summed E-state index contributed by atoms with van der Waals surface area (Å²) in [4.78, 5) is 0. The zero-order chi connectivity index (χ0) is 7.90. The van der Waals surface area contributed by atoms with E-state index < -0.39 is 0 Å². The molecule has 1 unspecified atom stereocenters. The summed E-state index contributed by atoms with van der Waals surface area (Å²) >= 11 is 0. The molecule has 0 aliphatic carbocycles. The quantitative estimate of drug-likeness (QED) is 0.616. The second kappa shape index (κ2) is 2.11. The molecule has 0 aromatic carbocycles. The summed E-state index contributed by atoms with van der Waals surface area (Å²) in [5.74, 6) is 0.946. The van der Waals surface area contributed by atoms with Gasteiger partial charge in [0.1, 0.15) is 11.9 Å². The second-order valence-corrected chi connectivity index (χ2v) is 3.70. The van der Waals surface area contributed by atoms with Crippen molar-refractivity contribution in [3.8, 4) is 0 Å². The lowest BCUT2D eigenvalue weighted by atomic mass is 9.81. The highest BCUT2D eigenvalue weighted by Gasteiger charge is 2.42. The van der Waals surface area contributed by atoms with Crippen molar-refractivity contribution in [2.24, 2.45) is 5.41 Å². The van der Waals surface area contributed by atoms with Gasteiger partial charge in [-0.3, -0.25) is 0 Å². The Morgan fingerprint density at radius 3 is 2.73 bits per heavy atom. The lowest BCUT2D eigenvalue weighted by molar-refractivity contribution is -0.180. The van der Waals surface area contributed by atoms with Gasteiger partial charge in [-0.05, 0) is 12.1 Å². The monoisotopic (exact) mass is 152 g/mol. The minimum absolute atomic E-state index is 0.164. The van der Waals surface area contributed by atoms with E-state index in [2.05, 4.69) is 13.8 Å². The molecule has 2 nitrogen and oxygen atoms in total. The van der Waals surface area contributed by atoms with Gasteiger partial charge in [0, 0.05) is 5.41 Å². The van der Waals surface area contributed by atoms with Gasteiger partial charge in [-0.25, -0.2) is 0 Å². The fourth-order valence-corrected chi connectivity index (χ4v) is 1.41. The summed E-state index contributed by atoms with van der Waals surface area (Å²) in [5.41, 5.74) is 0.248. The number of furan rings is 1. The summed E-state index contributed by atoms with van der Waals surface area (Å²) in [6, 6.07) is 3.86. The summed E-state index contributed by atoms with van der Waals surface area (Å²) < 4.78 is 10.6. The summed E-state index contributed by atoms with van der Waals surface area (Å²) in [6.07, 6.45) is 1.85. The molecule has 1 aromatic heterocycles. The van der Waals surface area contributed by atoms with Crippen molar-refractivity contribution in [3.63, 3.8) is 0 Å². The molecule has 0 N–H and O–H groups in total. The number of ether oxygens (including phenoxy) is 1. The van der Waals surface area contributed by atoms with Crippen molar-refractivity contribution in [2.75, 3.05) is 6.61 Å². The Morgan fingerprint density at radius 1 is 1.55 bits per heavy atom. The summed E-state index contributed by atoms with van der Waals surface area (Å²) in [5, 5.41) is 0. The Labute approximate surface area is 66.2 Å². The van der Waals surface area contributed by atoms with E-state index in [1.54, 1.807) is 6.26 Å². The van der Waals surface area contributed by atoms with Gasteiger partial charge >= 0.3 is 0 Å². The molecule has 0 bridgehead atoms. The maximum atomic E-state index is 5.40. The average molecular weight is 152 g/mol. The van der Waals surface area contributed by atoms with Gasteiger partial charge in [0.25, 0.3) is 0 Å². The third-order valence-corrected chi connectivity index (χ3v) is 2.13. The maximum Gasteiger partial charge on any atom is 0.133 e. The fraction of sp³-hybridized carbons (Fsp3) is 0.556. The zero-order valence-electron chi connectivity index (χ0n) is 6.83. The molecule has 2 heterocycles. The minimum Gasteiger partial charge on any atom is -0.467 e. The molecule has 2 heteroatoms. The number of hydrogen-bond acceptors (Lipinski definition) is 2. The Kier molecular flexibility index (Phi) is 1.33. The smallest absolute Gasteiger partial charge is 0.133 e. The molecule has 0 spiro atoms. The van der Waals surface area contributed by atoms with E-state index in [4.69, 9.17) is 9.15 Å². The van der Waals surface area contributed by atoms with Crippen LogP contribution >= 0.6 is 0 Å². The van der Waals surface area contributed by atoms with Crippen LogP contribution in [0.2, 0.25) is 0 Å². The molecule has 0 saturated carbocycles. The predicted molar refractivity (Wildman–Crippen MR) is 41.2 cm³/mol. The molecule has 1 saturated heterocycles. The molecule has 0 amide bonds. The molecule has 11 heavy (non-hydrogen) atoms. The van der Waals surface area contributed by atoms with Crippen LogP contribution in [-0.2, 0) is 4.74 Å². The molecular formula is C9H12O2. The lowest BCUT2D eigenvalue weighted by Gasteiger charge is -2.42. The first-order valence-corrected chi connectivity index (χ1v) is 3.85. The van der Waals surface area contributed by atoms with Gasteiger partial charge < -0.3 is 9.15 Å². The molecule has 60 valence electrons. The van der Waals surface area contributed by atoms with E-state index in [1.807, 2.05) is 12.1 Å². The predicted octanol–water partition coefficient (Wildman–Crippen LogP) is 2.38. The first-order chi connectivity index (χ1) is 5.20. The third kappa shape index (κ3) is 0.979. The van der Waals surface area contributed by atoms with E-state index in [1.165, 1.54) is 0 Å². The van der Waals surface area contributed by atoms with Crippen LogP contribution in [0.25, 0.3) is 0 Å². The topological polar surface area (TPSA) is 22.4 Å². The number of rotatable bonds is 1. The first-order valence-electron chi connectivity index (χ1n) is 3.85. The van der Waals surface area contributed by atoms with Crippen LogP contribution in [0.5, 0.6) is 0 Å². The zero-order valence-corrected chi connectivity index (χ0v) is 6.83. The highest BCUT2D eigenvalue weighted by atomic mass is 16.5. The van der Waals surface area contributed by atoms with Gasteiger partial charge in [-0.2, -0.15) is 0 Å². The molecule has 0 radical (unpaired) electrons. The van der Waals surface area contributed by atoms with Crippen molar-refractivity contribution in [2.45, 2.75) is 20.0 Å². The second-order valence-electron chi connectivity index (χ2n) is 3.70. The first kappa shape index (κ1) is 6.92. The van der Waals surface area contributed by atoms with Crippen LogP contribution in [0.15, 0.2) is 22.8 Å². The lowest BCUT2D eigenvalue weighted by Crippen LogP contribution is -2.40. The maximum absolute atomic E-state index is 5.40. The van der Waals surface area contributed by atoms with Crippen molar-refractivity contribution in [1.82, 2.24) is 0 Å². The molecule has 1 atom stereocenters. The molecule has 1 aliphatic rings. The van der Waals surface area contributed by atoms with Gasteiger partial charge in [0.2, 0.25) is 0 Å². The summed E-state index contributed by atoms with van der Waals surface area (Å²) in [6.45, 7) is 5.20. The van der Waals surface area contributed by atoms with Crippen LogP contribution in [0.1, 0.15) is 25.7 Å². The summed E-state index contributed by atoms with van der Waals surface area (Å²) in [7, 11) is 0. The van der Waals surface area contributed by atoms with Crippen molar-refractivity contribution in [3.05, 3.63) is 24.2 Å². The third-order valence-electron chi connectivity index (χ3n) is 2.13. The van der Waals surface area contributed by atoms with Crippen LogP contribution < -0.4 is 0 Å². The van der Waals surface area contributed by atoms with Crippen LogP contribution in [-0.4, -0.2) is 6.61 Å². The van der Waals surface area contributed by atoms with E-state index in [9.17, 15) is 0 Å². The van der Waals surface area contributed by atoms with Crippen LogP contribution in [0, 0.1) is 5.41 Å². The van der Waals surface area contributed by atoms with Crippen molar-refractivity contribution in [1.29, 1.82) is 0 Å². The average Bonchev–Trinajstić information content (AvgIpc) is 2.38. The SMILES string of the molecule is CC1(C)COC1c1ccco1. The Balaban J connectivity index is 2.20. The Hall–Kier alpha value is -0.760. The van der Waals surface area contributed by atoms with E-state index >= 15 is 0 Å². The standard InChI is InChI=1S/C9H12O2/c1-9(2)6-11-8(9)7-4-3-5-10-7/h3-5,8H,6H2,1-2H3. The van der Waals surface area contributed by atoms with Crippen molar-refractivity contribution < 1.29 is 9.15 Å². The Morgan fingerprint density at radius 2 is 2.36 bits per heavy atom. The van der Waals surface area contributed by atoms with E-state index in [0.717, 1.165) is 12.4 Å². The van der Waals surface area contributed by atoms with Crippen LogP contribution in [0.3, 0.4) is 0 Å². The van der Waals surface area contributed by atoms with Gasteiger partial charge in [-0.1, -0.05) is 13.8 Å². The van der Waals surface area contributed by atoms with Gasteiger partial charge in [-0.15, -0.1) is 0 Å².